The van der Waals surface area contributed by atoms with Crippen molar-refractivity contribution >= 4 is 5.97 Å². The molecular weight excluding hydrogens is 452 g/mol. The number of hydrogen-bond donors (Lipinski definition) is 7. The average molecular weight is 484 g/mol. The van der Waals surface area contributed by atoms with Gasteiger partial charge in [0.15, 0.2) is 23.5 Å². The van der Waals surface area contributed by atoms with Crippen LogP contribution in [0.1, 0.15) is 37.6 Å². The first-order valence-corrected chi connectivity index (χ1v) is 10.6. The van der Waals surface area contributed by atoms with Crippen LogP contribution in [-0.4, -0.2) is 91.7 Å². The van der Waals surface area contributed by atoms with Crippen LogP contribution in [0.2, 0.25) is 0 Å². The Morgan fingerprint density at radius 2 is 1.65 bits per heavy atom. The van der Waals surface area contributed by atoms with E-state index in [9.17, 15) is 40.5 Å². The minimum atomic E-state index is -1.56. The highest BCUT2D eigenvalue weighted by atomic mass is 16.7. The zero-order chi connectivity index (χ0) is 25.6. The Labute approximate surface area is 196 Å². The van der Waals surface area contributed by atoms with Gasteiger partial charge < -0.3 is 50.0 Å². The molecule has 0 aliphatic carbocycles. The van der Waals surface area contributed by atoms with Crippen LogP contribution in [0.4, 0.5) is 0 Å². The summed E-state index contributed by atoms with van der Waals surface area (Å²) in [5.74, 6) is -2.94. The molecule has 1 aliphatic heterocycles. The second-order valence-electron chi connectivity index (χ2n) is 8.25. The van der Waals surface area contributed by atoms with Crippen molar-refractivity contribution in [3.8, 4) is 17.2 Å². The lowest BCUT2D eigenvalue weighted by atomic mass is 9.99. The van der Waals surface area contributed by atoms with E-state index in [1.165, 1.54) is 0 Å². The molecule has 6 atom stereocenters. The van der Waals surface area contributed by atoms with Crippen molar-refractivity contribution in [2.24, 2.45) is 0 Å². The normalized spacial score (nSPS) is 26.1. The van der Waals surface area contributed by atoms with Crippen LogP contribution < -0.4 is 0 Å². The number of aliphatic hydroxyl groups excluding tert-OH is 4. The Morgan fingerprint density at radius 1 is 1.03 bits per heavy atom. The molecular formula is C23H32O11. The van der Waals surface area contributed by atoms with Gasteiger partial charge in [-0.2, -0.15) is 0 Å². The molecule has 7 N–H and O–H groups in total. The third-order valence-corrected chi connectivity index (χ3v) is 5.32. The molecule has 0 radical (unpaired) electrons. The third kappa shape index (κ3) is 6.92. The number of aliphatic hydroxyl groups is 4. The number of aromatic hydroxyl groups is 3. The number of benzene rings is 1. The smallest absolute Gasteiger partial charge is 0.339 e. The maximum atomic E-state index is 12.6. The second-order valence-corrected chi connectivity index (χ2v) is 8.25. The fourth-order valence-electron chi connectivity index (χ4n) is 3.20. The van der Waals surface area contributed by atoms with E-state index in [2.05, 4.69) is 0 Å². The lowest BCUT2D eigenvalue weighted by Gasteiger charge is -2.39. The summed E-state index contributed by atoms with van der Waals surface area (Å²) in [6.07, 6.45) is -4.02. The molecule has 0 amide bonds. The van der Waals surface area contributed by atoms with E-state index in [0.717, 1.165) is 17.7 Å². The molecule has 1 aromatic rings. The largest absolute Gasteiger partial charge is 0.504 e. The van der Waals surface area contributed by atoms with Gasteiger partial charge >= 0.3 is 5.97 Å². The summed E-state index contributed by atoms with van der Waals surface area (Å²) in [5.41, 5.74) is 1.38. The lowest BCUT2D eigenvalue weighted by molar-refractivity contribution is -0.298. The first-order chi connectivity index (χ1) is 16.0. The summed E-state index contributed by atoms with van der Waals surface area (Å²) in [6.45, 7) is 4.73. The number of ether oxygens (including phenoxy) is 3. The van der Waals surface area contributed by atoms with E-state index in [1.54, 1.807) is 13.0 Å². The molecule has 0 aromatic heterocycles. The number of carbonyl (C=O) groups excluding carboxylic acids is 1. The first kappa shape index (κ1) is 27.6. The first-order valence-electron chi connectivity index (χ1n) is 10.6. The number of phenols is 3. The average Bonchev–Trinajstić information content (AvgIpc) is 2.79. The van der Waals surface area contributed by atoms with Crippen molar-refractivity contribution < 1.29 is 54.8 Å². The number of hydrogen-bond acceptors (Lipinski definition) is 11. The Kier molecular flexibility index (Phi) is 9.86. The fraction of sp³-hybridized carbons (Fsp3) is 0.522. The highest BCUT2D eigenvalue weighted by Crippen LogP contribution is 2.35. The number of allylic oxidation sites excluding steroid dienone is 1. The molecule has 1 heterocycles. The number of rotatable bonds is 9. The number of esters is 1. The van der Waals surface area contributed by atoms with Crippen LogP contribution in [0, 0.1) is 0 Å². The predicted molar refractivity (Wildman–Crippen MR) is 118 cm³/mol. The zero-order valence-electron chi connectivity index (χ0n) is 19.2. The van der Waals surface area contributed by atoms with E-state index < -0.39 is 66.6 Å². The van der Waals surface area contributed by atoms with Gasteiger partial charge in [0.25, 0.3) is 0 Å². The van der Waals surface area contributed by atoms with Crippen LogP contribution >= 0.6 is 0 Å². The van der Waals surface area contributed by atoms with Crippen molar-refractivity contribution in [1.29, 1.82) is 0 Å². The van der Waals surface area contributed by atoms with E-state index in [4.69, 9.17) is 14.2 Å². The Bertz CT molecular complexity index is 881. The van der Waals surface area contributed by atoms with E-state index in [0.29, 0.717) is 12.0 Å². The molecule has 34 heavy (non-hydrogen) atoms. The molecule has 0 bridgehead atoms. The van der Waals surface area contributed by atoms with Crippen LogP contribution in [0.3, 0.4) is 0 Å². The third-order valence-electron chi connectivity index (χ3n) is 5.32. The maximum Gasteiger partial charge on any atom is 0.339 e. The Morgan fingerprint density at radius 3 is 2.21 bits per heavy atom. The Hall–Kier alpha value is -2.67. The van der Waals surface area contributed by atoms with Crippen molar-refractivity contribution in [3.63, 3.8) is 0 Å². The summed E-state index contributed by atoms with van der Waals surface area (Å²) in [6, 6.07) is 1.94. The van der Waals surface area contributed by atoms with Crippen molar-refractivity contribution in [3.05, 3.63) is 41.0 Å². The highest BCUT2D eigenvalue weighted by molar-refractivity contribution is 5.91. The molecule has 0 saturated carbocycles. The van der Waals surface area contributed by atoms with E-state index >= 15 is 0 Å². The zero-order valence-corrected chi connectivity index (χ0v) is 19.2. The van der Waals surface area contributed by atoms with E-state index in [1.807, 2.05) is 19.9 Å². The SMILES string of the molecule is CC(C)=CC[C@H](OC(=O)c1cc(O)c(O)c(O)c1)/C(C)=C/CO[C@@H]1O[C@H](CO)[C@@H](O)[C@H](O)[C@H]1O. The van der Waals surface area contributed by atoms with Crippen LogP contribution in [0.15, 0.2) is 35.4 Å². The molecule has 1 aliphatic rings. The lowest BCUT2D eigenvalue weighted by Crippen LogP contribution is -2.59. The minimum absolute atomic E-state index is 0.113. The summed E-state index contributed by atoms with van der Waals surface area (Å²) >= 11 is 0. The summed E-state index contributed by atoms with van der Waals surface area (Å²) in [7, 11) is 0. The molecule has 11 heteroatoms. The molecule has 1 saturated heterocycles. The van der Waals surface area contributed by atoms with Crippen LogP contribution in [0.25, 0.3) is 0 Å². The quantitative estimate of drug-likeness (QED) is 0.146. The monoisotopic (exact) mass is 484 g/mol. The minimum Gasteiger partial charge on any atom is -0.504 e. The second kappa shape index (κ2) is 12.2. The molecule has 0 spiro atoms. The van der Waals surface area contributed by atoms with Gasteiger partial charge in [-0.25, -0.2) is 4.79 Å². The fourth-order valence-corrected chi connectivity index (χ4v) is 3.20. The topological polar surface area (TPSA) is 186 Å². The summed E-state index contributed by atoms with van der Waals surface area (Å²) < 4.78 is 16.3. The number of carbonyl (C=O) groups is 1. The highest BCUT2D eigenvalue weighted by Gasteiger charge is 2.43. The van der Waals surface area contributed by atoms with Crippen LogP contribution in [-0.2, 0) is 14.2 Å². The van der Waals surface area contributed by atoms with E-state index in [-0.39, 0.29) is 12.2 Å². The number of phenolic OH excluding ortho intramolecular Hbond substituents is 3. The van der Waals surface area contributed by atoms with Gasteiger partial charge in [-0.05, 0) is 38.5 Å². The predicted octanol–water partition coefficient (Wildman–Crippen LogP) is 0.448. The standard InChI is InChI=1S/C23H32O11/c1-11(2)4-5-16(33-22(31)13-8-14(25)18(27)15(26)9-13)12(3)6-7-32-23-21(30)20(29)19(28)17(10-24)34-23/h4,6,8-9,16-17,19-21,23-30H,5,7,10H2,1-3H3/b12-6+/t16-,17+,19+,20-,21+,23+/m0/s1. The molecule has 1 aromatic carbocycles. The van der Waals surface area contributed by atoms with Crippen molar-refractivity contribution in [1.82, 2.24) is 0 Å². The van der Waals surface area contributed by atoms with Gasteiger partial charge in [0.2, 0.25) is 0 Å². The summed E-state index contributed by atoms with van der Waals surface area (Å²) in [4.78, 5) is 12.6. The van der Waals surface area contributed by atoms with Crippen LogP contribution in [0.5, 0.6) is 17.2 Å². The van der Waals surface area contributed by atoms with Gasteiger partial charge in [-0.1, -0.05) is 17.7 Å². The van der Waals surface area contributed by atoms with Gasteiger partial charge in [-0.3, -0.25) is 0 Å². The maximum absolute atomic E-state index is 12.6. The van der Waals surface area contributed by atoms with Gasteiger partial charge in [0.1, 0.15) is 30.5 Å². The Balaban J connectivity index is 2.11. The summed E-state index contributed by atoms with van der Waals surface area (Å²) in [5, 5.41) is 67.7. The molecule has 1 fully saturated rings. The van der Waals surface area contributed by atoms with Gasteiger partial charge in [0.05, 0.1) is 18.8 Å². The van der Waals surface area contributed by atoms with Gasteiger partial charge in [0, 0.05) is 6.42 Å². The molecule has 2 rings (SSSR count). The molecule has 190 valence electrons. The molecule has 11 nitrogen and oxygen atoms in total. The molecule has 0 unspecified atom stereocenters. The van der Waals surface area contributed by atoms with Gasteiger partial charge in [-0.15, -0.1) is 0 Å². The van der Waals surface area contributed by atoms with Crippen molar-refractivity contribution in [2.45, 2.75) is 64.0 Å². The van der Waals surface area contributed by atoms with Crippen molar-refractivity contribution in [2.75, 3.05) is 13.2 Å².